The Labute approximate surface area is 139 Å². The second kappa shape index (κ2) is 8.10. The third kappa shape index (κ3) is 4.42. The first-order chi connectivity index (χ1) is 10.6. The normalized spacial score (nSPS) is 16.4. The summed E-state index contributed by atoms with van der Waals surface area (Å²) in [4.78, 5) is 25.9. The highest BCUT2D eigenvalue weighted by atomic mass is 32.2. The number of hydrogen-bond donors (Lipinski definition) is 0. The van der Waals surface area contributed by atoms with Gasteiger partial charge in [0.15, 0.2) is 0 Å². The highest BCUT2D eigenvalue weighted by Crippen LogP contribution is 2.32. The first-order valence-corrected chi connectivity index (χ1v) is 8.30. The zero-order valence-electron chi connectivity index (χ0n) is 12.3. The van der Waals surface area contributed by atoms with Crippen molar-refractivity contribution < 1.29 is 14.3 Å². The van der Waals surface area contributed by atoms with Crippen molar-refractivity contribution in [3.05, 3.63) is 40.8 Å². The summed E-state index contributed by atoms with van der Waals surface area (Å²) in [5, 5.41) is 0. The summed E-state index contributed by atoms with van der Waals surface area (Å²) < 4.78 is 5.46. The van der Waals surface area contributed by atoms with Gasteiger partial charge in [-0.1, -0.05) is 67.7 Å². The highest BCUT2D eigenvalue weighted by molar-refractivity contribution is 8.26. The van der Waals surface area contributed by atoms with Crippen molar-refractivity contribution in [2.24, 2.45) is 0 Å². The summed E-state index contributed by atoms with van der Waals surface area (Å²) in [6.45, 7) is 2.27. The molecule has 0 radical (unpaired) electrons. The number of unbranched alkanes of at least 4 members (excludes halogenated alkanes) is 1. The number of nitrogens with zero attached hydrogens (tertiary/aromatic N) is 1. The molecule has 1 aliphatic rings. The average molecular weight is 335 g/mol. The molecule has 116 valence electrons. The van der Waals surface area contributed by atoms with Gasteiger partial charge in [-0.25, -0.2) is 0 Å². The third-order valence-corrected chi connectivity index (χ3v) is 4.40. The Bertz CT molecular complexity index is 599. The predicted octanol–water partition coefficient (Wildman–Crippen LogP) is 3.23. The van der Waals surface area contributed by atoms with E-state index in [0.29, 0.717) is 15.8 Å². The smallest absolute Gasteiger partial charge is 0.326 e. The van der Waals surface area contributed by atoms with Gasteiger partial charge in [-0.3, -0.25) is 14.5 Å². The summed E-state index contributed by atoms with van der Waals surface area (Å²) in [5.74, 6) is -0.669. The summed E-state index contributed by atoms with van der Waals surface area (Å²) in [6.07, 6.45) is 3.55. The van der Waals surface area contributed by atoms with Crippen molar-refractivity contribution in [2.45, 2.75) is 19.8 Å². The monoisotopic (exact) mass is 335 g/mol. The van der Waals surface area contributed by atoms with Crippen LogP contribution in [-0.2, 0) is 14.3 Å². The minimum atomic E-state index is -0.425. The minimum absolute atomic E-state index is 0.124. The van der Waals surface area contributed by atoms with Crippen LogP contribution in [0.2, 0.25) is 0 Å². The summed E-state index contributed by atoms with van der Waals surface area (Å²) in [5.41, 5.74) is 0.925. The fourth-order valence-electron chi connectivity index (χ4n) is 1.84. The third-order valence-electron chi connectivity index (χ3n) is 3.02. The molecule has 22 heavy (non-hydrogen) atoms. The Hall–Kier alpha value is -1.66. The van der Waals surface area contributed by atoms with E-state index in [4.69, 9.17) is 17.0 Å². The number of rotatable bonds is 6. The van der Waals surface area contributed by atoms with Crippen LogP contribution in [0.1, 0.15) is 25.3 Å². The van der Waals surface area contributed by atoms with Crippen molar-refractivity contribution in [3.63, 3.8) is 0 Å². The molecule has 0 spiro atoms. The molecule has 4 nitrogen and oxygen atoms in total. The van der Waals surface area contributed by atoms with Crippen molar-refractivity contribution >= 4 is 46.3 Å². The van der Waals surface area contributed by atoms with Crippen LogP contribution in [0, 0.1) is 0 Å². The van der Waals surface area contributed by atoms with Gasteiger partial charge in [0.05, 0.1) is 11.5 Å². The SMILES string of the molecule is CCCCOC(=O)CN1C(=O)C(=Cc2ccccc2)SC1=S. The Morgan fingerprint density at radius 2 is 2.09 bits per heavy atom. The Kier molecular flexibility index (Phi) is 6.15. The molecule has 0 aromatic heterocycles. The maximum absolute atomic E-state index is 12.3. The van der Waals surface area contributed by atoms with Gasteiger partial charge in [-0.05, 0) is 18.1 Å². The van der Waals surface area contributed by atoms with Crippen LogP contribution in [0.25, 0.3) is 6.08 Å². The quantitative estimate of drug-likeness (QED) is 0.346. The molecule has 0 atom stereocenters. The van der Waals surface area contributed by atoms with Crippen LogP contribution < -0.4 is 0 Å². The minimum Gasteiger partial charge on any atom is -0.464 e. The molecule has 1 aromatic carbocycles. The van der Waals surface area contributed by atoms with E-state index in [1.54, 1.807) is 6.08 Å². The Morgan fingerprint density at radius 1 is 1.36 bits per heavy atom. The number of thioether (sulfide) groups is 1. The summed E-state index contributed by atoms with van der Waals surface area (Å²) >= 11 is 6.39. The van der Waals surface area contributed by atoms with Gasteiger partial charge in [0.2, 0.25) is 0 Å². The molecule has 1 heterocycles. The lowest BCUT2D eigenvalue weighted by Crippen LogP contribution is -2.34. The van der Waals surface area contributed by atoms with Gasteiger partial charge in [-0.15, -0.1) is 0 Å². The van der Waals surface area contributed by atoms with Crippen molar-refractivity contribution in [1.29, 1.82) is 0 Å². The molecule has 0 saturated carbocycles. The van der Waals surface area contributed by atoms with E-state index in [0.717, 1.165) is 18.4 Å². The van der Waals surface area contributed by atoms with Crippen molar-refractivity contribution in [3.8, 4) is 0 Å². The number of thiocarbonyl (C=S) groups is 1. The van der Waals surface area contributed by atoms with Gasteiger partial charge < -0.3 is 4.74 Å². The number of carbonyl (C=O) groups excluding carboxylic acids is 2. The summed E-state index contributed by atoms with van der Waals surface area (Å²) in [6, 6.07) is 9.53. The van der Waals surface area contributed by atoms with Gasteiger partial charge >= 0.3 is 5.97 Å². The van der Waals surface area contributed by atoms with Crippen LogP contribution in [0.5, 0.6) is 0 Å². The first-order valence-electron chi connectivity index (χ1n) is 7.08. The standard InChI is InChI=1S/C16H17NO3S2/c1-2-3-9-20-14(18)11-17-15(19)13(22-16(17)21)10-12-7-5-4-6-8-12/h4-8,10H,2-3,9,11H2,1H3. The molecule has 1 amide bonds. The lowest BCUT2D eigenvalue weighted by atomic mass is 10.2. The first kappa shape index (κ1) is 16.7. The van der Waals surface area contributed by atoms with Crippen LogP contribution >= 0.6 is 24.0 Å². The Balaban J connectivity index is 2.00. The van der Waals surface area contributed by atoms with Crippen LogP contribution in [0.4, 0.5) is 0 Å². The van der Waals surface area contributed by atoms with E-state index in [1.165, 1.54) is 16.7 Å². The maximum atomic E-state index is 12.3. The van der Waals surface area contributed by atoms with E-state index in [-0.39, 0.29) is 12.5 Å². The predicted molar refractivity (Wildman–Crippen MR) is 92.2 cm³/mol. The van der Waals surface area contributed by atoms with E-state index in [2.05, 4.69) is 0 Å². The van der Waals surface area contributed by atoms with E-state index in [1.807, 2.05) is 37.3 Å². The van der Waals surface area contributed by atoms with Gasteiger partial charge in [-0.2, -0.15) is 0 Å². The molecule has 6 heteroatoms. The molecule has 1 aliphatic heterocycles. The van der Waals surface area contributed by atoms with E-state index in [9.17, 15) is 9.59 Å². The second-order valence-corrected chi connectivity index (χ2v) is 6.43. The van der Waals surface area contributed by atoms with Crippen molar-refractivity contribution in [2.75, 3.05) is 13.2 Å². The molecule has 0 unspecified atom stereocenters. The fourth-order valence-corrected chi connectivity index (χ4v) is 3.10. The van der Waals surface area contributed by atoms with Crippen LogP contribution in [-0.4, -0.2) is 34.2 Å². The lowest BCUT2D eigenvalue weighted by molar-refractivity contribution is -0.146. The number of ether oxygens (including phenoxy) is 1. The zero-order chi connectivity index (χ0) is 15.9. The molecule has 1 fully saturated rings. The maximum Gasteiger partial charge on any atom is 0.326 e. The number of benzene rings is 1. The number of hydrogen-bond acceptors (Lipinski definition) is 5. The largest absolute Gasteiger partial charge is 0.464 e. The molecule has 2 rings (SSSR count). The van der Waals surface area contributed by atoms with Crippen molar-refractivity contribution in [1.82, 2.24) is 4.90 Å². The number of amides is 1. The van der Waals surface area contributed by atoms with Gasteiger partial charge in [0.25, 0.3) is 5.91 Å². The number of carbonyl (C=O) groups is 2. The lowest BCUT2D eigenvalue weighted by Gasteiger charge is -2.13. The van der Waals surface area contributed by atoms with Gasteiger partial charge in [0, 0.05) is 0 Å². The number of esters is 1. The fraction of sp³-hybridized carbons (Fsp3) is 0.312. The average Bonchev–Trinajstić information content (AvgIpc) is 2.76. The molecule has 0 N–H and O–H groups in total. The molecular weight excluding hydrogens is 318 g/mol. The molecule has 1 saturated heterocycles. The molecule has 0 aliphatic carbocycles. The zero-order valence-corrected chi connectivity index (χ0v) is 13.9. The molecule has 0 bridgehead atoms. The second-order valence-electron chi connectivity index (χ2n) is 4.75. The Morgan fingerprint density at radius 3 is 2.77 bits per heavy atom. The topological polar surface area (TPSA) is 46.6 Å². The molecular formula is C16H17NO3S2. The van der Waals surface area contributed by atoms with Crippen LogP contribution in [0.15, 0.2) is 35.2 Å². The van der Waals surface area contributed by atoms with Gasteiger partial charge in [0.1, 0.15) is 10.9 Å². The van der Waals surface area contributed by atoms with E-state index >= 15 is 0 Å². The summed E-state index contributed by atoms with van der Waals surface area (Å²) in [7, 11) is 0. The van der Waals surface area contributed by atoms with E-state index < -0.39 is 5.97 Å². The van der Waals surface area contributed by atoms with Crippen LogP contribution in [0.3, 0.4) is 0 Å². The highest BCUT2D eigenvalue weighted by Gasteiger charge is 2.33. The molecule has 1 aromatic rings.